The zero-order valence-corrected chi connectivity index (χ0v) is 14.0. The summed E-state index contributed by atoms with van der Waals surface area (Å²) in [5.74, 6) is 0.284. The van der Waals surface area contributed by atoms with Gasteiger partial charge in [0, 0.05) is 11.8 Å². The molecule has 0 spiro atoms. The zero-order chi connectivity index (χ0) is 19.2. The zero-order valence-electron chi connectivity index (χ0n) is 14.0. The average Bonchev–Trinajstić information content (AvgIpc) is 2.60. The predicted octanol–water partition coefficient (Wildman–Crippen LogP) is 4.25. The molecule has 26 heavy (non-hydrogen) atoms. The topological polar surface area (TPSA) is 56.8 Å². The Morgan fingerprint density at radius 3 is 2.23 bits per heavy atom. The summed E-state index contributed by atoms with van der Waals surface area (Å²) in [5.41, 5.74) is 1.05. The van der Waals surface area contributed by atoms with Crippen molar-refractivity contribution in [1.82, 2.24) is 0 Å². The molecule has 8 heteroatoms. The maximum absolute atomic E-state index is 12.1. The fraction of sp³-hybridized carbons (Fsp3) is 0.167. The van der Waals surface area contributed by atoms with Crippen LogP contribution in [-0.2, 0) is 4.79 Å². The summed E-state index contributed by atoms with van der Waals surface area (Å²) >= 11 is 0. The fourth-order valence-corrected chi connectivity index (χ4v) is 2.05. The first-order valence-electron chi connectivity index (χ1n) is 7.37. The van der Waals surface area contributed by atoms with Crippen LogP contribution in [0.2, 0.25) is 0 Å². The van der Waals surface area contributed by atoms with Crippen molar-refractivity contribution in [1.29, 1.82) is 0 Å². The van der Waals surface area contributed by atoms with Gasteiger partial charge in [0.05, 0.1) is 14.2 Å². The van der Waals surface area contributed by atoms with Crippen molar-refractivity contribution in [3.05, 3.63) is 54.1 Å². The van der Waals surface area contributed by atoms with Gasteiger partial charge in [0.25, 0.3) is 0 Å². The first-order valence-corrected chi connectivity index (χ1v) is 7.37. The highest BCUT2D eigenvalue weighted by Gasteiger charge is 2.30. The summed E-state index contributed by atoms with van der Waals surface area (Å²) in [6.07, 6.45) is -1.90. The summed E-state index contributed by atoms with van der Waals surface area (Å²) in [6, 6.07) is 9.99. The lowest BCUT2D eigenvalue weighted by Gasteiger charge is -2.09. The van der Waals surface area contributed by atoms with Crippen LogP contribution in [0.15, 0.2) is 48.5 Å². The van der Waals surface area contributed by atoms with Gasteiger partial charge in [-0.2, -0.15) is 0 Å². The first kappa shape index (κ1) is 19.2. The minimum Gasteiger partial charge on any atom is -0.493 e. The standard InChI is InChI=1S/C18H16F3NO4/c1-24-15-9-3-12(11-16(15)25-2)4-10-17(23)22-13-5-7-14(8-6-13)26-18(19,20)21/h3-11H,1-2H3,(H,22,23)/b10-4+. The molecule has 5 nitrogen and oxygen atoms in total. The summed E-state index contributed by atoms with van der Waals surface area (Å²) in [4.78, 5) is 11.9. The highest BCUT2D eigenvalue weighted by Crippen LogP contribution is 2.28. The third-order valence-corrected chi connectivity index (χ3v) is 3.19. The smallest absolute Gasteiger partial charge is 0.493 e. The van der Waals surface area contributed by atoms with Crippen LogP contribution in [0.4, 0.5) is 18.9 Å². The van der Waals surface area contributed by atoms with Crippen LogP contribution in [-0.4, -0.2) is 26.5 Å². The molecule has 0 saturated carbocycles. The molecular weight excluding hydrogens is 351 g/mol. The Labute approximate surface area is 148 Å². The fourth-order valence-electron chi connectivity index (χ4n) is 2.05. The van der Waals surface area contributed by atoms with Gasteiger partial charge in [-0.3, -0.25) is 4.79 Å². The lowest BCUT2D eigenvalue weighted by atomic mass is 10.2. The van der Waals surface area contributed by atoms with E-state index in [2.05, 4.69) is 10.1 Å². The number of carbonyl (C=O) groups excluding carboxylic acids is 1. The molecule has 0 aromatic heterocycles. The summed E-state index contributed by atoms with van der Waals surface area (Å²) in [7, 11) is 3.02. The molecule has 0 atom stereocenters. The monoisotopic (exact) mass is 367 g/mol. The number of carbonyl (C=O) groups is 1. The molecule has 0 fully saturated rings. The SMILES string of the molecule is COc1ccc(/C=C/C(=O)Nc2ccc(OC(F)(F)F)cc2)cc1OC. The van der Waals surface area contributed by atoms with Crippen LogP contribution in [0.25, 0.3) is 6.08 Å². The maximum Gasteiger partial charge on any atom is 0.573 e. The second kappa shape index (κ2) is 8.28. The number of hydrogen-bond donors (Lipinski definition) is 1. The van der Waals surface area contributed by atoms with Crippen LogP contribution >= 0.6 is 0 Å². The van der Waals surface area contributed by atoms with Gasteiger partial charge in [0.1, 0.15) is 5.75 Å². The third-order valence-electron chi connectivity index (χ3n) is 3.19. The van der Waals surface area contributed by atoms with Gasteiger partial charge in [-0.05, 0) is 48.0 Å². The van der Waals surface area contributed by atoms with E-state index in [0.29, 0.717) is 22.7 Å². The molecule has 138 valence electrons. The first-order chi connectivity index (χ1) is 12.3. The molecule has 0 bridgehead atoms. The molecule has 1 amide bonds. The number of halogens is 3. The Hall–Kier alpha value is -3.16. The van der Waals surface area contributed by atoms with E-state index in [1.165, 1.54) is 32.4 Å². The molecule has 0 radical (unpaired) electrons. The Kier molecular flexibility index (Phi) is 6.11. The Morgan fingerprint density at radius 2 is 1.65 bits per heavy atom. The van der Waals surface area contributed by atoms with Crippen molar-refractivity contribution < 1.29 is 32.2 Å². The number of ether oxygens (including phenoxy) is 3. The van der Waals surface area contributed by atoms with Crippen molar-refractivity contribution >= 4 is 17.7 Å². The number of anilines is 1. The molecule has 0 unspecified atom stereocenters. The van der Waals surface area contributed by atoms with Crippen LogP contribution in [0.3, 0.4) is 0 Å². The largest absolute Gasteiger partial charge is 0.573 e. The van der Waals surface area contributed by atoms with Gasteiger partial charge in [0.2, 0.25) is 5.91 Å². The number of methoxy groups -OCH3 is 2. The van der Waals surface area contributed by atoms with E-state index in [4.69, 9.17) is 9.47 Å². The minimum atomic E-state index is -4.76. The van der Waals surface area contributed by atoms with Crippen molar-refractivity contribution in [2.45, 2.75) is 6.36 Å². The van der Waals surface area contributed by atoms with Crippen molar-refractivity contribution in [2.24, 2.45) is 0 Å². The van der Waals surface area contributed by atoms with Gasteiger partial charge in [-0.15, -0.1) is 13.2 Å². The number of nitrogens with one attached hydrogen (secondary N) is 1. The lowest BCUT2D eigenvalue weighted by molar-refractivity contribution is -0.274. The number of rotatable bonds is 6. The van der Waals surface area contributed by atoms with Crippen LogP contribution < -0.4 is 19.5 Å². The molecule has 1 N–H and O–H groups in total. The summed E-state index contributed by atoms with van der Waals surface area (Å²) in [5, 5.41) is 2.53. The number of hydrogen-bond acceptors (Lipinski definition) is 4. The Morgan fingerprint density at radius 1 is 1.00 bits per heavy atom. The van der Waals surface area contributed by atoms with Gasteiger partial charge < -0.3 is 19.5 Å². The minimum absolute atomic E-state index is 0.335. The summed E-state index contributed by atoms with van der Waals surface area (Å²) in [6.45, 7) is 0. The normalized spacial score (nSPS) is 11.3. The van der Waals surface area contributed by atoms with Crippen molar-refractivity contribution in [2.75, 3.05) is 19.5 Å². The van der Waals surface area contributed by atoms with Crippen LogP contribution in [0.1, 0.15) is 5.56 Å². The molecule has 0 aliphatic rings. The van der Waals surface area contributed by atoms with Gasteiger partial charge in [-0.25, -0.2) is 0 Å². The predicted molar refractivity (Wildman–Crippen MR) is 90.3 cm³/mol. The Bertz CT molecular complexity index is 786. The average molecular weight is 367 g/mol. The van der Waals surface area contributed by atoms with E-state index < -0.39 is 12.3 Å². The van der Waals surface area contributed by atoms with E-state index in [-0.39, 0.29) is 5.75 Å². The maximum atomic E-state index is 12.1. The van der Waals surface area contributed by atoms with Gasteiger partial charge in [0.15, 0.2) is 11.5 Å². The quantitative estimate of drug-likeness (QED) is 0.776. The molecule has 0 aliphatic heterocycles. The third kappa shape index (κ3) is 5.73. The highest BCUT2D eigenvalue weighted by atomic mass is 19.4. The van der Waals surface area contributed by atoms with E-state index in [1.54, 1.807) is 24.3 Å². The second-order valence-corrected chi connectivity index (χ2v) is 5.01. The van der Waals surface area contributed by atoms with E-state index in [9.17, 15) is 18.0 Å². The molecule has 0 aliphatic carbocycles. The molecule has 2 aromatic rings. The van der Waals surface area contributed by atoms with E-state index in [0.717, 1.165) is 12.1 Å². The van der Waals surface area contributed by atoms with E-state index >= 15 is 0 Å². The molecule has 0 saturated heterocycles. The molecule has 0 heterocycles. The summed E-state index contributed by atoms with van der Waals surface area (Å²) < 4.78 is 50.4. The molecule has 2 aromatic carbocycles. The Balaban J connectivity index is 1.99. The number of alkyl halides is 3. The molecular formula is C18H16F3NO4. The second-order valence-electron chi connectivity index (χ2n) is 5.01. The van der Waals surface area contributed by atoms with Crippen molar-refractivity contribution in [3.63, 3.8) is 0 Å². The van der Waals surface area contributed by atoms with Crippen LogP contribution in [0, 0.1) is 0 Å². The van der Waals surface area contributed by atoms with Gasteiger partial charge in [-0.1, -0.05) is 6.07 Å². The lowest BCUT2D eigenvalue weighted by Crippen LogP contribution is -2.17. The highest BCUT2D eigenvalue weighted by molar-refractivity contribution is 6.01. The number of benzene rings is 2. The van der Waals surface area contributed by atoms with E-state index in [1.807, 2.05) is 0 Å². The van der Waals surface area contributed by atoms with Crippen molar-refractivity contribution in [3.8, 4) is 17.2 Å². The number of amides is 1. The molecule has 2 rings (SSSR count). The van der Waals surface area contributed by atoms with Gasteiger partial charge >= 0.3 is 6.36 Å². The van der Waals surface area contributed by atoms with Crippen LogP contribution in [0.5, 0.6) is 17.2 Å².